The number of rotatable bonds is 8. The lowest BCUT2D eigenvalue weighted by Crippen LogP contribution is -2.18. The average molecular weight is 415 g/mol. The predicted molar refractivity (Wildman–Crippen MR) is 115 cm³/mol. The molecule has 0 saturated carbocycles. The third-order valence-electron chi connectivity index (χ3n) is 4.28. The maximum absolute atomic E-state index is 12.1. The highest BCUT2D eigenvalue weighted by Gasteiger charge is 2.07. The summed E-state index contributed by atoms with van der Waals surface area (Å²) in [4.78, 5) is 24.8. The molecule has 8 heteroatoms. The molecular weight excluding hydrogens is 394 g/mol. The second kappa shape index (κ2) is 9.64. The van der Waals surface area contributed by atoms with Gasteiger partial charge in [0.05, 0.1) is 6.61 Å². The molecule has 2 heterocycles. The molecule has 0 aliphatic heterocycles. The van der Waals surface area contributed by atoms with Gasteiger partial charge < -0.3 is 14.8 Å². The number of imidazole rings is 1. The fourth-order valence-corrected chi connectivity index (χ4v) is 2.86. The van der Waals surface area contributed by atoms with Crippen molar-refractivity contribution in [3.63, 3.8) is 0 Å². The Labute approximate surface area is 179 Å². The molecule has 0 spiro atoms. The molecule has 0 aliphatic carbocycles. The van der Waals surface area contributed by atoms with Crippen LogP contribution >= 0.6 is 0 Å². The summed E-state index contributed by atoms with van der Waals surface area (Å²) in [5.74, 6) is 2.04. The first kappa shape index (κ1) is 20.2. The Kier molecular flexibility index (Phi) is 6.29. The minimum atomic E-state index is -0.221. The van der Waals surface area contributed by atoms with Crippen molar-refractivity contribution < 1.29 is 14.3 Å². The smallest absolute Gasteiger partial charge is 0.250 e. The quantitative estimate of drug-likeness (QED) is 0.469. The van der Waals surface area contributed by atoms with Crippen LogP contribution in [0.1, 0.15) is 11.4 Å². The number of benzene rings is 2. The Morgan fingerprint density at radius 1 is 1.06 bits per heavy atom. The number of nitrogens with one attached hydrogen (secondary N) is 1. The van der Waals surface area contributed by atoms with Crippen LogP contribution in [-0.4, -0.2) is 32.0 Å². The van der Waals surface area contributed by atoms with Gasteiger partial charge in [0.25, 0.3) is 0 Å². The van der Waals surface area contributed by atoms with Crippen LogP contribution in [-0.2, 0) is 16.1 Å². The summed E-state index contributed by atoms with van der Waals surface area (Å²) < 4.78 is 13.1. The number of anilines is 1. The van der Waals surface area contributed by atoms with Gasteiger partial charge in [-0.15, -0.1) is 0 Å². The number of hydrogen-bond donors (Lipinski definition) is 1. The van der Waals surface area contributed by atoms with E-state index < -0.39 is 0 Å². The largest absolute Gasteiger partial charge is 0.439 e. The lowest BCUT2D eigenvalue weighted by atomic mass is 10.2. The molecule has 0 fully saturated rings. The van der Waals surface area contributed by atoms with Gasteiger partial charge in [-0.1, -0.05) is 30.3 Å². The minimum Gasteiger partial charge on any atom is -0.439 e. The number of carbonyl (C=O) groups excluding carboxylic acids is 1. The van der Waals surface area contributed by atoms with Crippen molar-refractivity contribution in [2.24, 2.45) is 0 Å². The van der Waals surface area contributed by atoms with Gasteiger partial charge in [0, 0.05) is 24.1 Å². The van der Waals surface area contributed by atoms with Crippen LogP contribution in [0.3, 0.4) is 0 Å². The molecule has 0 aliphatic rings. The van der Waals surface area contributed by atoms with Crippen LogP contribution < -0.4 is 10.1 Å². The van der Waals surface area contributed by atoms with E-state index in [1.54, 1.807) is 60.5 Å². The first-order valence-corrected chi connectivity index (χ1v) is 9.69. The van der Waals surface area contributed by atoms with E-state index in [1.165, 1.54) is 0 Å². The zero-order chi connectivity index (χ0) is 21.5. The number of amides is 1. The lowest BCUT2D eigenvalue weighted by Gasteiger charge is -2.10. The molecule has 0 bridgehead atoms. The van der Waals surface area contributed by atoms with E-state index in [2.05, 4.69) is 20.3 Å². The van der Waals surface area contributed by atoms with Crippen molar-refractivity contribution in [1.29, 1.82) is 0 Å². The standard InChI is InChI=1S/C23H21N5O3/c1-17-25-21(28-12-11-24-16-28)13-23(26-17)31-20-9-7-19(8-10-20)27-22(29)15-30-14-18-5-3-2-4-6-18/h2-13,16H,14-15H2,1H3,(H,27,29). The van der Waals surface area contributed by atoms with E-state index in [1.807, 2.05) is 30.3 Å². The monoisotopic (exact) mass is 415 g/mol. The summed E-state index contributed by atoms with van der Waals surface area (Å²) >= 11 is 0. The third-order valence-corrected chi connectivity index (χ3v) is 4.28. The van der Waals surface area contributed by atoms with Gasteiger partial charge in [-0.2, -0.15) is 4.98 Å². The van der Waals surface area contributed by atoms with Crippen molar-refractivity contribution in [3.8, 4) is 17.4 Å². The van der Waals surface area contributed by atoms with Crippen LogP contribution in [0.25, 0.3) is 5.82 Å². The van der Waals surface area contributed by atoms with E-state index in [9.17, 15) is 4.79 Å². The van der Waals surface area contributed by atoms with Crippen LogP contribution in [0.2, 0.25) is 0 Å². The Bertz CT molecular complexity index is 1130. The number of ether oxygens (including phenoxy) is 2. The van der Waals surface area contributed by atoms with E-state index in [0.717, 1.165) is 5.56 Å². The normalized spacial score (nSPS) is 10.6. The fraction of sp³-hybridized carbons (Fsp3) is 0.130. The highest BCUT2D eigenvalue weighted by Crippen LogP contribution is 2.23. The summed E-state index contributed by atoms with van der Waals surface area (Å²) in [6.07, 6.45) is 5.14. The van der Waals surface area contributed by atoms with Gasteiger partial charge in [0.2, 0.25) is 11.8 Å². The van der Waals surface area contributed by atoms with E-state index in [4.69, 9.17) is 9.47 Å². The van der Waals surface area contributed by atoms with Crippen molar-refractivity contribution in [2.75, 3.05) is 11.9 Å². The molecule has 0 atom stereocenters. The fourth-order valence-electron chi connectivity index (χ4n) is 2.86. The van der Waals surface area contributed by atoms with Gasteiger partial charge >= 0.3 is 0 Å². The van der Waals surface area contributed by atoms with Crippen molar-refractivity contribution in [2.45, 2.75) is 13.5 Å². The van der Waals surface area contributed by atoms with Crippen molar-refractivity contribution in [1.82, 2.24) is 19.5 Å². The number of carbonyl (C=O) groups is 1. The molecule has 4 rings (SSSR count). The molecular formula is C23H21N5O3. The van der Waals surface area contributed by atoms with Crippen LogP contribution in [0.5, 0.6) is 11.6 Å². The molecule has 0 saturated heterocycles. The molecule has 156 valence electrons. The molecule has 31 heavy (non-hydrogen) atoms. The van der Waals surface area contributed by atoms with E-state index >= 15 is 0 Å². The van der Waals surface area contributed by atoms with Crippen molar-refractivity contribution in [3.05, 3.63) is 90.8 Å². The second-order valence-electron chi connectivity index (χ2n) is 6.73. The molecule has 1 amide bonds. The number of aromatic nitrogens is 4. The summed E-state index contributed by atoms with van der Waals surface area (Å²) in [6, 6.07) is 18.5. The summed E-state index contributed by atoms with van der Waals surface area (Å²) in [5.41, 5.74) is 1.67. The third kappa shape index (κ3) is 5.74. The van der Waals surface area contributed by atoms with Crippen LogP contribution in [0, 0.1) is 6.92 Å². The highest BCUT2D eigenvalue weighted by molar-refractivity contribution is 5.91. The Balaban J connectivity index is 1.32. The Morgan fingerprint density at radius 2 is 1.87 bits per heavy atom. The maximum atomic E-state index is 12.1. The minimum absolute atomic E-state index is 0.0234. The predicted octanol–water partition coefficient (Wildman–Crippen LogP) is 3.92. The first-order valence-electron chi connectivity index (χ1n) is 9.69. The average Bonchev–Trinajstić information content (AvgIpc) is 3.31. The molecule has 2 aromatic carbocycles. The van der Waals surface area contributed by atoms with Gasteiger partial charge in [0.1, 0.15) is 30.3 Å². The molecule has 2 aromatic heterocycles. The first-order chi connectivity index (χ1) is 15.2. The van der Waals surface area contributed by atoms with Gasteiger partial charge in [-0.3, -0.25) is 9.36 Å². The summed E-state index contributed by atoms with van der Waals surface area (Å²) in [7, 11) is 0. The van der Waals surface area contributed by atoms with E-state index in [0.29, 0.717) is 35.6 Å². The number of nitrogens with zero attached hydrogens (tertiary/aromatic N) is 4. The number of aryl methyl sites for hydroxylation is 1. The van der Waals surface area contributed by atoms with Crippen LogP contribution in [0.15, 0.2) is 79.4 Å². The Morgan fingerprint density at radius 3 is 2.61 bits per heavy atom. The molecule has 4 aromatic rings. The Hall–Kier alpha value is -4.04. The summed E-state index contributed by atoms with van der Waals surface area (Å²) in [5, 5.41) is 2.80. The van der Waals surface area contributed by atoms with Gasteiger partial charge in [-0.05, 0) is 36.8 Å². The molecule has 0 radical (unpaired) electrons. The summed E-state index contributed by atoms with van der Waals surface area (Å²) in [6.45, 7) is 2.16. The molecule has 8 nitrogen and oxygen atoms in total. The topological polar surface area (TPSA) is 91.2 Å². The second-order valence-corrected chi connectivity index (χ2v) is 6.73. The van der Waals surface area contributed by atoms with E-state index in [-0.39, 0.29) is 12.5 Å². The lowest BCUT2D eigenvalue weighted by molar-refractivity contribution is -0.121. The van der Waals surface area contributed by atoms with Gasteiger partial charge in [-0.25, -0.2) is 9.97 Å². The van der Waals surface area contributed by atoms with Crippen LogP contribution in [0.4, 0.5) is 5.69 Å². The molecule has 0 unspecified atom stereocenters. The van der Waals surface area contributed by atoms with Gasteiger partial charge in [0.15, 0.2) is 0 Å². The maximum Gasteiger partial charge on any atom is 0.250 e. The van der Waals surface area contributed by atoms with Crippen molar-refractivity contribution >= 4 is 11.6 Å². The zero-order valence-electron chi connectivity index (χ0n) is 16.9. The number of hydrogen-bond acceptors (Lipinski definition) is 6. The molecule has 1 N–H and O–H groups in total. The highest BCUT2D eigenvalue weighted by atomic mass is 16.5. The zero-order valence-corrected chi connectivity index (χ0v) is 16.9. The SMILES string of the molecule is Cc1nc(Oc2ccc(NC(=O)COCc3ccccc3)cc2)cc(-n2ccnc2)n1.